The van der Waals surface area contributed by atoms with Crippen molar-refractivity contribution in [3.8, 4) is 11.5 Å². The van der Waals surface area contributed by atoms with E-state index in [2.05, 4.69) is 15.8 Å². The fourth-order valence-electron chi connectivity index (χ4n) is 2.77. The number of nitrogens with zero attached hydrogens (tertiary/aromatic N) is 2. The van der Waals surface area contributed by atoms with E-state index in [1.807, 2.05) is 0 Å². The Morgan fingerprint density at radius 1 is 1.09 bits per heavy atom. The van der Waals surface area contributed by atoms with Crippen LogP contribution in [0.4, 0.5) is 11.4 Å². The van der Waals surface area contributed by atoms with Gasteiger partial charge in [0.2, 0.25) is 0 Å². The number of carbonyl (C=O) groups is 2. The Labute approximate surface area is 202 Å². The summed E-state index contributed by atoms with van der Waals surface area (Å²) in [4.78, 5) is 34.9. The number of rotatable bonds is 7. The highest BCUT2D eigenvalue weighted by Crippen LogP contribution is 2.39. The first kappa shape index (κ1) is 24.5. The molecule has 0 saturated heterocycles. The Kier molecular flexibility index (Phi) is 7.67. The molecule has 0 aliphatic carbocycles. The van der Waals surface area contributed by atoms with E-state index in [4.69, 9.17) is 27.9 Å². The van der Waals surface area contributed by atoms with Crippen LogP contribution in [0.1, 0.15) is 26.3 Å². The van der Waals surface area contributed by atoms with Crippen molar-refractivity contribution in [1.82, 2.24) is 5.43 Å². The average Bonchev–Trinajstić information content (AvgIpc) is 2.83. The summed E-state index contributed by atoms with van der Waals surface area (Å²) in [5, 5.41) is 27.6. The summed E-state index contributed by atoms with van der Waals surface area (Å²) in [6.07, 6.45) is 1.12. The summed E-state index contributed by atoms with van der Waals surface area (Å²) >= 11 is 12.1. The van der Waals surface area contributed by atoms with Crippen molar-refractivity contribution >= 4 is 52.6 Å². The van der Waals surface area contributed by atoms with Crippen LogP contribution in [-0.4, -0.2) is 35.2 Å². The number of hydrogen-bond donors (Lipinski definition) is 3. The molecule has 0 unspecified atom stereocenters. The quantitative estimate of drug-likeness (QED) is 0.244. The highest BCUT2D eigenvalue weighted by Gasteiger charge is 2.15. The predicted molar refractivity (Wildman–Crippen MR) is 127 cm³/mol. The minimum atomic E-state index is -0.592. The smallest absolute Gasteiger partial charge is 0.271 e. The first-order valence-corrected chi connectivity index (χ1v) is 10.2. The zero-order valence-corrected chi connectivity index (χ0v) is 18.9. The number of hydrazone groups is 1. The number of anilines is 1. The number of amides is 2. The number of aromatic hydroxyl groups is 1. The lowest BCUT2D eigenvalue weighted by Gasteiger charge is -2.09. The van der Waals surface area contributed by atoms with Crippen LogP contribution in [-0.2, 0) is 0 Å². The van der Waals surface area contributed by atoms with Gasteiger partial charge >= 0.3 is 0 Å². The average molecular weight is 503 g/mol. The molecule has 0 fully saturated rings. The van der Waals surface area contributed by atoms with Gasteiger partial charge in [-0.3, -0.25) is 19.7 Å². The van der Waals surface area contributed by atoms with Crippen LogP contribution < -0.4 is 15.5 Å². The van der Waals surface area contributed by atoms with Crippen molar-refractivity contribution in [2.45, 2.75) is 0 Å². The molecular weight excluding hydrogens is 487 g/mol. The van der Waals surface area contributed by atoms with Crippen LogP contribution in [0, 0.1) is 10.1 Å². The fraction of sp³-hybridized carbons (Fsp3) is 0.0455. The Hall–Kier alpha value is -4.15. The van der Waals surface area contributed by atoms with Gasteiger partial charge in [0, 0.05) is 35.0 Å². The van der Waals surface area contributed by atoms with Gasteiger partial charge < -0.3 is 15.2 Å². The fourth-order valence-corrected chi connectivity index (χ4v) is 3.17. The number of methoxy groups -OCH3 is 1. The van der Waals surface area contributed by atoms with E-state index in [-0.39, 0.29) is 43.9 Å². The first-order valence-electron chi connectivity index (χ1n) is 9.45. The summed E-state index contributed by atoms with van der Waals surface area (Å²) in [5.74, 6) is -1.32. The van der Waals surface area contributed by atoms with E-state index in [0.29, 0.717) is 5.69 Å². The zero-order chi connectivity index (χ0) is 24.8. The van der Waals surface area contributed by atoms with Gasteiger partial charge in [-0.05, 0) is 30.3 Å². The topological polar surface area (TPSA) is 143 Å². The van der Waals surface area contributed by atoms with Crippen LogP contribution in [0.5, 0.6) is 11.5 Å². The molecule has 0 bridgehead atoms. The molecule has 3 aromatic carbocycles. The van der Waals surface area contributed by atoms with Crippen molar-refractivity contribution in [2.24, 2.45) is 5.10 Å². The molecule has 0 radical (unpaired) electrons. The molecule has 12 heteroatoms. The number of ether oxygens (including phenoxy) is 1. The van der Waals surface area contributed by atoms with E-state index in [0.717, 1.165) is 12.3 Å². The largest absolute Gasteiger partial charge is 0.504 e. The second-order valence-corrected chi connectivity index (χ2v) is 7.46. The molecule has 3 N–H and O–H groups in total. The van der Waals surface area contributed by atoms with Crippen LogP contribution in [0.15, 0.2) is 59.7 Å². The van der Waals surface area contributed by atoms with Crippen molar-refractivity contribution in [3.63, 3.8) is 0 Å². The number of hydrogen-bond acceptors (Lipinski definition) is 7. The zero-order valence-electron chi connectivity index (χ0n) is 17.4. The van der Waals surface area contributed by atoms with Crippen LogP contribution in [0.2, 0.25) is 10.0 Å². The third kappa shape index (κ3) is 5.61. The number of phenols is 1. The highest BCUT2D eigenvalue weighted by atomic mass is 35.5. The van der Waals surface area contributed by atoms with Gasteiger partial charge in [-0.2, -0.15) is 5.10 Å². The number of non-ortho nitro benzene ring substituents is 1. The van der Waals surface area contributed by atoms with Crippen LogP contribution >= 0.6 is 23.2 Å². The SMILES string of the molecule is COc1cc(Cl)c(Cl)c(/C=N/NC(=O)c2ccc(NC(=O)c3cccc([N+](=O)[O-])c3)cc2)c1O. The minimum Gasteiger partial charge on any atom is -0.504 e. The number of nitro benzene ring substituents is 1. The molecule has 34 heavy (non-hydrogen) atoms. The third-order valence-corrected chi connectivity index (χ3v) is 5.30. The second kappa shape index (κ2) is 10.6. The lowest BCUT2D eigenvalue weighted by Crippen LogP contribution is -2.18. The van der Waals surface area contributed by atoms with Crippen LogP contribution in [0.3, 0.4) is 0 Å². The second-order valence-electron chi connectivity index (χ2n) is 6.67. The summed E-state index contributed by atoms with van der Waals surface area (Å²) in [7, 11) is 1.35. The molecule has 0 aliphatic heterocycles. The number of carbonyl (C=O) groups excluding carboxylic acids is 2. The molecule has 174 valence electrons. The number of halogens is 2. The van der Waals surface area contributed by atoms with Crippen molar-refractivity contribution < 1.29 is 24.4 Å². The number of benzene rings is 3. The Balaban J connectivity index is 1.66. The normalized spacial score (nSPS) is 10.7. The van der Waals surface area contributed by atoms with E-state index < -0.39 is 16.7 Å². The number of phenolic OH excluding ortho intramolecular Hbond substituents is 1. The van der Waals surface area contributed by atoms with Gasteiger partial charge in [0.05, 0.1) is 33.9 Å². The molecule has 3 aromatic rings. The summed E-state index contributed by atoms with van der Waals surface area (Å²) in [6.45, 7) is 0. The molecule has 10 nitrogen and oxygen atoms in total. The summed E-state index contributed by atoms with van der Waals surface area (Å²) in [5.41, 5.74) is 2.86. The van der Waals surface area contributed by atoms with Gasteiger partial charge in [-0.15, -0.1) is 0 Å². The maximum Gasteiger partial charge on any atom is 0.271 e. The van der Waals surface area contributed by atoms with E-state index >= 15 is 0 Å². The number of nitro groups is 1. The van der Waals surface area contributed by atoms with Gasteiger partial charge in [0.25, 0.3) is 17.5 Å². The molecule has 0 atom stereocenters. The maximum atomic E-state index is 12.3. The van der Waals surface area contributed by atoms with Gasteiger partial charge in [0.15, 0.2) is 11.5 Å². The monoisotopic (exact) mass is 502 g/mol. The summed E-state index contributed by atoms with van der Waals surface area (Å²) < 4.78 is 5.00. The van der Waals surface area contributed by atoms with E-state index in [1.54, 1.807) is 0 Å². The lowest BCUT2D eigenvalue weighted by atomic mass is 10.1. The highest BCUT2D eigenvalue weighted by molar-refractivity contribution is 6.43. The molecule has 3 rings (SSSR count). The van der Waals surface area contributed by atoms with E-state index in [9.17, 15) is 24.8 Å². The lowest BCUT2D eigenvalue weighted by molar-refractivity contribution is -0.384. The predicted octanol–water partition coefficient (Wildman–Crippen LogP) is 4.63. The summed E-state index contributed by atoms with van der Waals surface area (Å²) in [6, 6.07) is 12.5. The standard InChI is InChI=1S/C22H16Cl2N4O6/c1-34-18-10-17(23)19(24)16(20(18)29)11-25-27-22(31)12-5-7-14(8-6-12)26-21(30)13-3-2-4-15(9-13)28(32)33/h2-11,29H,1H3,(H,26,30)(H,27,31)/b25-11+. The molecule has 0 heterocycles. The Morgan fingerprint density at radius 3 is 2.44 bits per heavy atom. The van der Waals surface area contributed by atoms with Gasteiger partial charge in [0.1, 0.15) is 0 Å². The van der Waals surface area contributed by atoms with Gasteiger partial charge in [-0.25, -0.2) is 5.43 Å². The molecule has 0 aromatic heterocycles. The third-order valence-electron chi connectivity index (χ3n) is 4.50. The van der Waals surface area contributed by atoms with Gasteiger partial charge in [-0.1, -0.05) is 29.3 Å². The first-order chi connectivity index (χ1) is 16.2. The van der Waals surface area contributed by atoms with Crippen molar-refractivity contribution in [3.05, 3.63) is 91.4 Å². The Morgan fingerprint density at radius 2 is 1.79 bits per heavy atom. The maximum absolute atomic E-state index is 12.3. The Bertz CT molecular complexity index is 1300. The minimum absolute atomic E-state index is 0.0295. The van der Waals surface area contributed by atoms with Crippen LogP contribution in [0.25, 0.3) is 0 Å². The molecule has 0 saturated carbocycles. The molecule has 0 aliphatic rings. The van der Waals surface area contributed by atoms with Crippen molar-refractivity contribution in [1.29, 1.82) is 0 Å². The molecule has 0 spiro atoms. The van der Waals surface area contributed by atoms with Crippen molar-refractivity contribution in [2.75, 3.05) is 12.4 Å². The molecular formula is C22H16Cl2N4O6. The molecule has 2 amide bonds. The number of nitrogens with one attached hydrogen (secondary N) is 2. The van der Waals surface area contributed by atoms with E-state index in [1.165, 1.54) is 55.6 Å².